The molecule has 2 aliphatic rings. The fraction of sp³-hybridized carbons (Fsp3) is 0.480. The van der Waals surface area contributed by atoms with Crippen LogP contribution in [0.3, 0.4) is 0 Å². The zero-order valence-corrected chi connectivity index (χ0v) is 20.6. The number of hydrogen-bond acceptors (Lipinski definition) is 6. The number of ether oxygens (including phenoxy) is 2. The minimum absolute atomic E-state index is 0.112. The summed E-state index contributed by atoms with van der Waals surface area (Å²) in [5.74, 6) is 0.679. The Labute approximate surface area is 201 Å². The average Bonchev–Trinajstić information content (AvgIpc) is 3.37. The molecular formula is C25H33N3O5S. The van der Waals surface area contributed by atoms with Crippen LogP contribution >= 0.6 is 0 Å². The van der Waals surface area contributed by atoms with E-state index in [1.165, 1.54) is 22.0 Å². The molecule has 0 aliphatic carbocycles. The maximum Gasteiger partial charge on any atom is 0.243 e. The quantitative estimate of drug-likeness (QED) is 0.585. The summed E-state index contributed by atoms with van der Waals surface area (Å²) >= 11 is 0. The van der Waals surface area contributed by atoms with Crippen LogP contribution < -0.4 is 14.8 Å². The average molecular weight is 488 g/mol. The summed E-state index contributed by atoms with van der Waals surface area (Å²) < 4.78 is 39.1. The molecule has 1 unspecified atom stereocenters. The van der Waals surface area contributed by atoms with Crippen molar-refractivity contribution in [2.24, 2.45) is 0 Å². The molecule has 34 heavy (non-hydrogen) atoms. The van der Waals surface area contributed by atoms with Crippen molar-refractivity contribution in [2.45, 2.75) is 50.7 Å². The van der Waals surface area contributed by atoms with E-state index < -0.39 is 16.1 Å². The Morgan fingerprint density at radius 2 is 1.76 bits per heavy atom. The molecule has 9 heteroatoms. The number of sulfonamides is 1. The third-order valence-electron chi connectivity index (χ3n) is 6.49. The van der Waals surface area contributed by atoms with Crippen LogP contribution in [0, 0.1) is 0 Å². The van der Waals surface area contributed by atoms with Gasteiger partial charge in [0.15, 0.2) is 11.5 Å². The molecule has 0 aromatic heterocycles. The standard InChI is InChI=1S/C25H33N3O5S/c1-3-27(4-2)18-20-9-6-5-8-19(20)17-26-25(29)22-10-7-13-28(22)34(30,31)21-11-12-23-24(16-21)33-15-14-32-23/h5-6,8-9,11-12,16,22H,3-4,7,10,13-15,17-18H2,1-2H3,(H,26,29). The molecule has 0 saturated carbocycles. The zero-order chi connectivity index (χ0) is 24.1. The summed E-state index contributed by atoms with van der Waals surface area (Å²) in [5, 5.41) is 2.99. The van der Waals surface area contributed by atoms with Crippen molar-refractivity contribution < 1.29 is 22.7 Å². The number of benzene rings is 2. The molecule has 1 saturated heterocycles. The van der Waals surface area contributed by atoms with Gasteiger partial charge in [0.2, 0.25) is 15.9 Å². The highest BCUT2D eigenvalue weighted by atomic mass is 32.2. The van der Waals surface area contributed by atoms with E-state index in [0.717, 1.165) is 25.2 Å². The van der Waals surface area contributed by atoms with Gasteiger partial charge in [-0.05, 0) is 49.2 Å². The Hall–Kier alpha value is -2.62. The van der Waals surface area contributed by atoms with Crippen LogP contribution in [0.5, 0.6) is 11.5 Å². The van der Waals surface area contributed by atoms with Crippen LogP contribution in [0.2, 0.25) is 0 Å². The number of hydrogen-bond donors (Lipinski definition) is 1. The Bertz CT molecular complexity index is 1120. The predicted octanol–water partition coefficient (Wildman–Crippen LogP) is 2.77. The highest BCUT2D eigenvalue weighted by Gasteiger charge is 2.39. The van der Waals surface area contributed by atoms with E-state index in [0.29, 0.717) is 50.6 Å². The lowest BCUT2D eigenvalue weighted by Crippen LogP contribution is -2.45. The fourth-order valence-corrected chi connectivity index (χ4v) is 6.15. The summed E-state index contributed by atoms with van der Waals surface area (Å²) in [6, 6.07) is 11.9. The van der Waals surface area contributed by atoms with E-state index in [4.69, 9.17) is 9.47 Å². The van der Waals surface area contributed by atoms with Gasteiger partial charge >= 0.3 is 0 Å². The Kier molecular flexibility index (Phi) is 7.75. The Morgan fingerprint density at radius 1 is 1.06 bits per heavy atom. The van der Waals surface area contributed by atoms with Crippen LogP contribution in [0.15, 0.2) is 47.4 Å². The molecule has 0 radical (unpaired) electrons. The van der Waals surface area contributed by atoms with E-state index in [1.807, 2.05) is 18.2 Å². The molecule has 1 N–H and O–H groups in total. The molecule has 8 nitrogen and oxygen atoms in total. The second kappa shape index (κ2) is 10.8. The molecular weight excluding hydrogens is 454 g/mol. The number of carbonyl (C=O) groups excluding carboxylic acids is 1. The van der Waals surface area contributed by atoms with Crippen molar-refractivity contribution in [2.75, 3.05) is 32.8 Å². The summed E-state index contributed by atoms with van der Waals surface area (Å²) in [4.78, 5) is 15.5. The molecule has 0 bridgehead atoms. The molecule has 2 aromatic carbocycles. The minimum atomic E-state index is -3.85. The maximum atomic E-state index is 13.4. The summed E-state index contributed by atoms with van der Waals surface area (Å²) in [5.41, 5.74) is 2.21. The minimum Gasteiger partial charge on any atom is -0.486 e. The van der Waals surface area contributed by atoms with Gasteiger partial charge in [-0.15, -0.1) is 0 Å². The van der Waals surface area contributed by atoms with E-state index in [-0.39, 0.29) is 10.8 Å². The molecule has 2 heterocycles. The van der Waals surface area contributed by atoms with Crippen molar-refractivity contribution in [1.82, 2.24) is 14.5 Å². The third kappa shape index (κ3) is 5.21. The molecule has 1 atom stereocenters. The van der Waals surface area contributed by atoms with Crippen molar-refractivity contribution >= 4 is 15.9 Å². The first-order valence-corrected chi connectivity index (χ1v) is 13.4. The zero-order valence-electron chi connectivity index (χ0n) is 19.8. The first-order valence-electron chi connectivity index (χ1n) is 11.9. The molecule has 1 fully saturated rings. The number of fused-ring (bicyclic) bond motifs is 1. The van der Waals surface area contributed by atoms with Crippen molar-refractivity contribution in [3.05, 3.63) is 53.6 Å². The van der Waals surface area contributed by atoms with Crippen molar-refractivity contribution in [1.29, 1.82) is 0 Å². The largest absolute Gasteiger partial charge is 0.486 e. The van der Waals surface area contributed by atoms with E-state index in [2.05, 4.69) is 30.1 Å². The highest BCUT2D eigenvalue weighted by molar-refractivity contribution is 7.89. The number of rotatable bonds is 9. The van der Waals surface area contributed by atoms with Crippen LogP contribution in [-0.4, -0.2) is 62.4 Å². The van der Waals surface area contributed by atoms with Gasteiger partial charge in [-0.2, -0.15) is 4.31 Å². The van der Waals surface area contributed by atoms with Gasteiger partial charge in [0.25, 0.3) is 0 Å². The van der Waals surface area contributed by atoms with Crippen LogP contribution in [0.25, 0.3) is 0 Å². The number of carbonyl (C=O) groups is 1. The van der Waals surface area contributed by atoms with Crippen LogP contribution in [0.1, 0.15) is 37.8 Å². The van der Waals surface area contributed by atoms with Crippen LogP contribution in [0.4, 0.5) is 0 Å². The van der Waals surface area contributed by atoms with Gasteiger partial charge in [0.1, 0.15) is 19.3 Å². The van der Waals surface area contributed by atoms with E-state index in [1.54, 1.807) is 6.07 Å². The number of amides is 1. The predicted molar refractivity (Wildman–Crippen MR) is 129 cm³/mol. The molecule has 184 valence electrons. The third-order valence-corrected chi connectivity index (χ3v) is 8.39. The van der Waals surface area contributed by atoms with Crippen molar-refractivity contribution in [3.8, 4) is 11.5 Å². The fourth-order valence-electron chi connectivity index (χ4n) is 4.48. The molecule has 2 aliphatic heterocycles. The van der Waals surface area contributed by atoms with Gasteiger partial charge in [0.05, 0.1) is 4.90 Å². The molecule has 1 amide bonds. The monoisotopic (exact) mass is 487 g/mol. The van der Waals surface area contributed by atoms with E-state index in [9.17, 15) is 13.2 Å². The first-order chi connectivity index (χ1) is 16.4. The Morgan fingerprint density at radius 3 is 2.50 bits per heavy atom. The normalized spacial score (nSPS) is 18.3. The van der Waals surface area contributed by atoms with Gasteiger partial charge in [-0.1, -0.05) is 38.1 Å². The summed E-state index contributed by atoms with van der Waals surface area (Å²) in [6.07, 6.45) is 1.14. The lowest BCUT2D eigenvalue weighted by atomic mass is 10.1. The topological polar surface area (TPSA) is 88.2 Å². The first kappa shape index (κ1) is 24.5. The van der Waals surface area contributed by atoms with Crippen molar-refractivity contribution in [3.63, 3.8) is 0 Å². The molecule has 2 aromatic rings. The summed E-state index contributed by atoms with van der Waals surface area (Å²) in [7, 11) is -3.85. The lowest BCUT2D eigenvalue weighted by molar-refractivity contribution is -0.124. The van der Waals surface area contributed by atoms with Crippen LogP contribution in [-0.2, 0) is 27.9 Å². The van der Waals surface area contributed by atoms with Gasteiger partial charge in [0, 0.05) is 25.7 Å². The van der Waals surface area contributed by atoms with E-state index >= 15 is 0 Å². The van der Waals surface area contributed by atoms with Gasteiger partial charge < -0.3 is 14.8 Å². The Balaban J connectivity index is 1.46. The molecule has 0 spiro atoms. The molecule has 4 rings (SSSR count). The highest BCUT2D eigenvalue weighted by Crippen LogP contribution is 2.34. The number of nitrogens with zero attached hydrogens (tertiary/aromatic N) is 2. The second-order valence-electron chi connectivity index (χ2n) is 8.53. The van der Waals surface area contributed by atoms with Gasteiger partial charge in [-0.25, -0.2) is 8.42 Å². The number of nitrogens with one attached hydrogen (secondary N) is 1. The second-order valence-corrected chi connectivity index (χ2v) is 10.4. The summed E-state index contributed by atoms with van der Waals surface area (Å²) in [6.45, 7) is 8.46. The maximum absolute atomic E-state index is 13.4. The smallest absolute Gasteiger partial charge is 0.243 e. The van der Waals surface area contributed by atoms with Gasteiger partial charge in [-0.3, -0.25) is 9.69 Å². The lowest BCUT2D eigenvalue weighted by Gasteiger charge is -2.25. The SMILES string of the molecule is CCN(CC)Cc1ccccc1CNC(=O)C1CCCN1S(=O)(=O)c1ccc2c(c1)OCCO2.